The number of rotatable bonds is 5. The van der Waals surface area contributed by atoms with Crippen LogP contribution in [0.5, 0.6) is 0 Å². The quantitative estimate of drug-likeness (QED) is 0.641. The first-order valence-corrected chi connectivity index (χ1v) is 7.84. The molecule has 4 atom stereocenters. The zero-order valence-electron chi connectivity index (χ0n) is 13.9. The summed E-state index contributed by atoms with van der Waals surface area (Å²) < 4.78 is 5.06. The number of esters is 1. The van der Waals surface area contributed by atoms with Crippen LogP contribution in [0.2, 0.25) is 0 Å². The van der Waals surface area contributed by atoms with E-state index in [9.17, 15) is 24.8 Å². The van der Waals surface area contributed by atoms with E-state index in [2.05, 4.69) is 4.99 Å². The summed E-state index contributed by atoms with van der Waals surface area (Å²) in [6.07, 6.45) is 0.519. The molecule has 4 unspecified atom stereocenters. The second-order valence-corrected chi connectivity index (χ2v) is 5.72. The lowest BCUT2D eigenvalue weighted by Crippen LogP contribution is -2.46. The Labute approximate surface area is 144 Å². The van der Waals surface area contributed by atoms with E-state index in [1.54, 1.807) is 31.2 Å². The van der Waals surface area contributed by atoms with Crippen molar-refractivity contribution >= 4 is 23.9 Å². The van der Waals surface area contributed by atoms with Crippen molar-refractivity contribution in [3.05, 3.63) is 35.4 Å². The summed E-state index contributed by atoms with van der Waals surface area (Å²) in [5.41, 5.74) is 0.895. The average molecular weight is 342 g/mol. The van der Waals surface area contributed by atoms with Crippen LogP contribution in [0.4, 0.5) is 0 Å². The Morgan fingerprint density at radius 3 is 2.64 bits per heavy atom. The topological polar surface area (TPSA) is 117 Å². The SMILES string of the molecule is CCOC(=O)C1C(C=O)N=C(C)C(C(=O)O)C1c1ccccc1C#N. The molecule has 1 heterocycles. The van der Waals surface area contributed by atoms with Gasteiger partial charge in [-0.05, 0) is 25.5 Å². The molecule has 0 saturated carbocycles. The Bertz CT molecular complexity index is 765. The molecule has 0 bridgehead atoms. The number of hydrogen-bond acceptors (Lipinski definition) is 6. The maximum atomic E-state index is 12.5. The number of carboxylic acid groups (broad SMARTS) is 1. The maximum absolute atomic E-state index is 12.5. The third kappa shape index (κ3) is 3.43. The number of nitrogens with zero attached hydrogens (tertiary/aromatic N) is 2. The van der Waals surface area contributed by atoms with E-state index in [-0.39, 0.29) is 17.9 Å². The third-order valence-electron chi connectivity index (χ3n) is 4.32. The standard InChI is InChI=1S/C18H18N2O5/c1-3-25-18(24)16-13(9-21)20-10(2)14(17(22)23)15(16)12-7-5-4-6-11(12)8-19/h4-7,9,13-16H,3H2,1-2H3,(H,22,23). The maximum Gasteiger partial charge on any atom is 0.312 e. The van der Waals surface area contributed by atoms with Gasteiger partial charge in [-0.3, -0.25) is 14.6 Å². The number of hydrogen-bond donors (Lipinski definition) is 1. The van der Waals surface area contributed by atoms with Gasteiger partial charge in [0.05, 0.1) is 24.2 Å². The van der Waals surface area contributed by atoms with Crippen molar-refractivity contribution in [3.8, 4) is 6.07 Å². The van der Waals surface area contributed by atoms with Gasteiger partial charge in [-0.15, -0.1) is 0 Å². The normalized spacial score (nSPS) is 25.4. The van der Waals surface area contributed by atoms with Crippen LogP contribution < -0.4 is 0 Å². The minimum absolute atomic E-state index is 0.0912. The highest BCUT2D eigenvalue weighted by Gasteiger charge is 2.49. The van der Waals surface area contributed by atoms with Gasteiger partial charge in [-0.2, -0.15) is 5.26 Å². The van der Waals surface area contributed by atoms with E-state index < -0.39 is 35.7 Å². The van der Waals surface area contributed by atoms with E-state index in [1.807, 2.05) is 6.07 Å². The molecular weight excluding hydrogens is 324 g/mol. The van der Waals surface area contributed by atoms with Crippen molar-refractivity contribution in [1.29, 1.82) is 5.26 Å². The second-order valence-electron chi connectivity index (χ2n) is 5.72. The molecule has 0 aromatic heterocycles. The van der Waals surface area contributed by atoms with Crippen molar-refractivity contribution in [2.24, 2.45) is 16.8 Å². The summed E-state index contributed by atoms with van der Waals surface area (Å²) in [5.74, 6) is -5.01. The van der Waals surface area contributed by atoms with Gasteiger partial charge >= 0.3 is 11.9 Å². The van der Waals surface area contributed by atoms with Crippen molar-refractivity contribution in [2.45, 2.75) is 25.8 Å². The molecule has 7 heteroatoms. The summed E-state index contributed by atoms with van der Waals surface area (Å²) in [7, 11) is 0. The fourth-order valence-corrected chi connectivity index (χ4v) is 3.31. The van der Waals surface area contributed by atoms with Crippen LogP contribution in [0.15, 0.2) is 29.3 Å². The lowest BCUT2D eigenvalue weighted by Gasteiger charge is -2.36. The smallest absolute Gasteiger partial charge is 0.312 e. The third-order valence-corrected chi connectivity index (χ3v) is 4.32. The molecule has 1 aromatic rings. The van der Waals surface area contributed by atoms with E-state index in [4.69, 9.17) is 4.74 Å². The number of carboxylic acids is 1. The Morgan fingerprint density at radius 1 is 1.40 bits per heavy atom. The molecule has 0 spiro atoms. The molecule has 0 radical (unpaired) electrons. The van der Waals surface area contributed by atoms with Crippen molar-refractivity contribution in [3.63, 3.8) is 0 Å². The molecule has 1 aromatic carbocycles. The molecule has 0 aliphatic carbocycles. The number of aldehydes is 1. The van der Waals surface area contributed by atoms with Crippen LogP contribution in [0.1, 0.15) is 30.9 Å². The van der Waals surface area contributed by atoms with Crippen molar-refractivity contribution in [2.75, 3.05) is 6.61 Å². The molecule has 1 N–H and O–H groups in total. The van der Waals surface area contributed by atoms with Gasteiger partial charge in [0, 0.05) is 11.6 Å². The zero-order chi connectivity index (χ0) is 18.6. The highest BCUT2D eigenvalue weighted by atomic mass is 16.5. The largest absolute Gasteiger partial charge is 0.481 e. The summed E-state index contributed by atoms with van der Waals surface area (Å²) in [6, 6.07) is 7.43. The first-order chi connectivity index (χ1) is 12.0. The highest BCUT2D eigenvalue weighted by Crippen LogP contribution is 2.41. The fraction of sp³-hybridized carbons (Fsp3) is 0.389. The minimum atomic E-state index is -1.17. The van der Waals surface area contributed by atoms with E-state index in [1.165, 1.54) is 6.92 Å². The lowest BCUT2D eigenvalue weighted by molar-refractivity contribution is -0.152. The van der Waals surface area contributed by atoms with Crippen LogP contribution in [-0.4, -0.2) is 41.7 Å². The fourth-order valence-electron chi connectivity index (χ4n) is 3.31. The van der Waals surface area contributed by atoms with Gasteiger partial charge in [0.1, 0.15) is 18.2 Å². The zero-order valence-corrected chi connectivity index (χ0v) is 13.9. The van der Waals surface area contributed by atoms with Crippen LogP contribution in [-0.2, 0) is 19.1 Å². The van der Waals surface area contributed by atoms with E-state index in [0.29, 0.717) is 11.8 Å². The molecule has 1 aliphatic rings. The number of nitriles is 1. The average Bonchev–Trinajstić information content (AvgIpc) is 2.60. The Morgan fingerprint density at radius 2 is 2.08 bits per heavy atom. The summed E-state index contributed by atoms with van der Waals surface area (Å²) in [6.45, 7) is 3.23. The number of carbonyl (C=O) groups excluding carboxylic acids is 2. The molecule has 1 aliphatic heterocycles. The van der Waals surface area contributed by atoms with Crippen molar-refractivity contribution < 1.29 is 24.2 Å². The monoisotopic (exact) mass is 342 g/mol. The summed E-state index contributed by atoms with van der Waals surface area (Å²) >= 11 is 0. The summed E-state index contributed by atoms with van der Waals surface area (Å²) in [5, 5.41) is 19.1. The summed E-state index contributed by atoms with van der Waals surface area (Å²) in [4.78, 5) is 40.0. The molecule has 130 valence electrons. The Balaban J connectivity index is 2.71. The number of ether oxygens (including phenoxy) is 1. The Kier molecular flexibility index (Phi) is 5.65. The van der Waals surface area contributed by atoms with Gasteiger partial charge in [-0.25, -0.2) is 0 Å². The number of aliphatic imine (C=N–C) groups is 1. The first-order valence-electron chi connectivity index (χ1n) is 7.84. The van der Waals surface area contributed by atoms with Crippen molar-refractivity contribution in [1.82, 2.24) is 0 Å². The Hall–Kier alpha value is -3.01. The predicted octanol–water partition coefficient (Wildman–Crippen LogP) is 1.56. The van der Waals surface area contributed by atoms with Gasteiger partial charge < -0.3 is 14.6 Å². The molecule has 2 rings (SSSR count). The van der Waals surface area contributed by atoms with Gasteiger partial charge in [0.25, 0.3) is 0 Å². The number of benzene rings is 1. The highest BCUT2D eigenvalue weighted by molar-refractivity contribution is 6.04. The van der Waals surface area contributed by atoms with Gasteiger partial charge in [0.2, 0.25) is 0 Å². The molecule has 25 heavy (non-hydrogen) atoms. The molecule has 7 nitrogen and oxygen atoms in total. The van der Waals surface area contributed by atoms with Crippen LogP contribution in [0.25, 0.3) is 0 Å². The number of aliphatic carboxylic acids is 1. The molecule has 0 fully saturated rings. The lowest BCUT2D eigenvalue weighted by atomic mass is 9.69. The second kappa shape index (κ2) is 7.71. The minimum Gasteiger partial charge on any atom is -0.481 e. The molecule has 0 saturated heterocycles. The predicted molar refractivity (Wildman–Crippen MR) is 88.1 cm³/mol. The van der Waals surface area contributed by atoms with Crippen LogP contribution in [0, 0.1) is 23.2 Å². The molecular formula is C18H18N2O5. The van der Waals surface area contributed by atoms with Crippen LogP contribution >= 0.6 is 0 Å². The van der Waals surface area contributed by atoms with Gasteiger partial charge in [0.15, 0.2) is 0 Å². The molecule has 0 amide bonds. The van der Waals surface area contributed by atoms with E-state index >= 15 is 0 Å². The first kappa shape index (κ1) is 18.3. The number of carbonyl (C=O) groups is 3. The van der Waals surface area contributed by atoms with Gasteiger partial charge in [-0.1, -0.05) is 18.2 Å². The van der Waals surface area contributed by atoms with E-state index in [0.717, 1.165) is 0 Å². The van der Waals surface area contributed by atoms with Crippen LogP contribution in [0.3, 0.4) is 0 Å².